The van der Waals surface area contributed by atoms with Crippen molar-refractivity contribution < 1.29 is 0 Å². The lowest BCUT2D eigenvalue weighted by Crippen LogP contribution is -2.38. The first-order valence-electron chi connectivity index (χ1n) is 7.98. The van der Waals surface area contributed by atoms with Gasteiger partial charge in [-0.25, -0.2) is 0 Å². The second-order valence-corrected chi connectivity index (χ2v) is 5.50. The van der Waals surface area contributed by atoms with Gasteiger partial charge < -0.3 is 15.5 Å². The van der Waals surface area contributed by atoms with Crippen LogP contribution in [-0.2, 0) is 0 Å². The van der Waals surface area contributed by atoms with Crippen LogP contribution in [0.25, 0.3) is 0 Å². The Balaban J connectivity index is 2.14. The predicted octanol–water partition coefficient (Wildman–Crippen LogP) is 2.30. The van der Waals surface area contributed by atoms with Crippen LogP contribution in [-0.4, -0.2) is 54.5 Å². The van der Waals surface area contributed by atoms with E-state index < -0.39 is 0 Å². The van der Waals surface area contributed by atoms with E-state index in [2.05, 4.69) is 35.6 Å². The van der Waals surface area contributed by atoms with Crippen LogP contribution in [0, 0.1) is 0 Å². The fourth-order valence-electron chi connectivity index (χ4n) is 2.76. The van der Waals surface area contributed by atoms with Crippen LogP contribution in [0.5, 0.6) is 0 Å². The highest BCUT2D eigenvalue weighted by Gasteiger charge is 2.16. The first kappa shape index (κ1) is 16.3. The van der Waals surface area contributed by atoms with Gasteiger partial charge in [-0.15, -0.1) is 0 Å². The highest BCUT2D eigenvalue weighted by molar-refractivity contribution is 5.77. The maximum absolute atomic E-state index is 5.95. The summed E-state index contributed by atoms with van der Waals surface area (Å²) >= 11 is 0. The summed E-state index contributed by atoms with van der Waals surface area (Å²) in [6, 6.07) is 0.776. The van der Waals surface area contributed by atoms with Crippen molar-refractivity contribution in [2.45, 2.75) is 58.9 Å². The molecule has 0 radical (unpaired) electrons. The number of rotatable bonds is 7. The van der Waals surface area contributed by atoms with Gasteiger partial charge in [0.05, 0.1) is 0 Å². The van der Waals surface area contributed by atoms with Crippen LogP contribution in [0.1, 0.15) is 52.9 Å². The highest BCUT2D eigenvalue weighted by atomic mass is 15.2. The number of guanidine groups is 1. The third-order valence-corrected chi connectivity index (χ3v) is 4.16. The molecule has 0 amide bonds. The topological polar surface area (TPSA) is 44.9 Å². The minimum atomic E-state index is 0.705. The number of hydrogen-bond acceptors (Lipinski definition) is 2. The number of unbranched alkanes of at least 4 members (excludes halogenated alkanes) is 1. The van der Waals surface area contributed by atoms with Gasteiger partial charge in [0.1, 0.15) is 0 Å². The Morgan fingerprint density at radius 2 is 2.00 bits per heavy atom. The maximum atomic E-state index is 5.95. The smallest absolute Gasteiger partial charge is 0.191 e. The van der Waals surface area contributed by atoms with Gasteiger partial charge in [0.15, 0.2) is 5.96 Å². The largest absolute Gasteiger partial charge is 0.370 e. The molecule has 0 aliphatic carbocycles. The average molecular weight is 268 g/mol. The van der Waals surface area contributed by atoms with Crippen molar-refractivity contribution in [1.82, 2.24) is 9.80 Å². The van der Waals surface area contributed by atoms with E-state index >= 15 is 0 Å². The van der Waals surface area contributed by atoms with Crippen LogP contribution < -0.4 is 5.73 Å². The van der Waals surface area contributed by atoms with Crippen LogP contribution in [0.2, 0.25) is 0 Å². The van der Waals surface area contributed by atoms with Crippen molar-refractivity contribution in [1.29, 1.82) is 0 Å². The van der Waals surface area contributed by atoms with Gasteiger partial charge in [-0.05, 0) is 59.5 Å². The number of piperidine rings is 1. The molecule has 0 bridgehead atoms. The third-order valence-electron chi connectivity index (χ3n) is 4.16. The molecule has 0 aromatic heterocycles. The lowest BCUT2D eigenvalue weighted by molar-refractivity contribution is 0.158. The molecule has 1 unspecified atom stereocenters. The number of aliphatic imine (C=N–C) groups is 1. The Morgan fingerprint density at radius 3 is 2.63 bits per heavy atom. The third kappa shape index (κ3) is 5.81. The molecule has 4 heteroatoms. The molecule has 2 N–H and O–H groups in total. The Labute approximate surface area is 119 Å². The Morgan fingerprint density at radius 1 is 1.26 bits per heavy atom. The summed E-state index contributed by atoms with van der Waals surface area (Å²) < 4.78 is 0. The van der Waals surface area contributed by atoms with E-state index in [1.807, 2.05) is 0 Å². The van der Waals surface area contributed by atoms with E-state index in [1.54, 1.807) is 0 Å². The highest BCUT2D eigenvalue weighted by Crippen LogP contribution is 2.16. The molecule has 1 aliphatic heterocycles. The summed E-state index contributed by atoms with van der Waals surface area (Å²) in [5, 5.41) is 0. The van der Waals surface area contributed by atoms with E-state index in [-0.39, 0.29) is 0 Å². The molecule has 0 saturated carbocycles. The second kappa shape index (κ2) is 9.18. The zero-order valence-electron chi connectivity index (χ0n) is 13.1. The zero-order chi connectivity index (χ0) is 14.1. The molecule has 1 fully saturated rings. The van der Waals surface area contributed by atoms with E-state index in [0.717, 1.165) is 32.1 Å². The summed E-state index contributed by atoms with van der Waals surface area (Å²) in [5.74, 6) is 0.705. The summed E-state index contributed by atoms with van der Waals surface area (Å²) in [6.07, 6.45) is 6.53. The first-order valence-corrected chi connectivity index (χ1v) is 7.98. The Bertz CT molecular complexity index is 261. The van der Waals surface area contributed by atoms with Crippen molar-refractivity contribution >= 4 is 5.96 Å². The zero-order valence-corrected chi connectivity index (χ0v) is 13.1. The summed E-state index contributed by atoms with van der Waals surface area (Å²) in [6.45, 7) is 11.8. The molecule has 1 rings (SSSR count). The first-order chi connectivity index (χ1) is 9.19. The predicted molar refractivity (Wildman–Crippen MR) is 83.5 cm³/mol. The molecular weight excluding hydrogens is 236 g/mol. The van der Waals surface area contributed by atoms with Crippen LogP contribution >= 0.6 is 0 Å². The SMILES string of the molecule is CCN(CC)C(N)=NCCCCN1CCCCC1C. The summed E-state index contributed by atoms with van der Waals surface area (Å²) in [4.78, 5) is 9.20. The summed E-state index contributed by atoms with van der Waals surface area (Å²) in [5.41, 5.74) is 5.95. The molecule has 1 aliphatic rings. The molecule has 1 atom stereocenters. The molecular formula is C15H32N4. The maximum Gasteiger partial charge on any atom is 0.191 e. The molecule has 4 nitrogen and oxygen atoms in total. The standard InChI is InChI=1S/C15H32N4/c1-4-18(5-2)15(16)17-11-7-9-13-19-12-8-6-10-14(19)3/h14H,4-13H2,1-3H3,(H2,16,17). The van der Waals surface area contributed by atoms with E-state index in [0.29, 0.717) is 5.96 Å². The minimum Gasteiger partial charge on any atom is -0.370 e. The van der Waals surface area contributed by atoms with Gasteiger partial charge in [-0.2, -0.15) is 0 Å². The van der Waals surface area contributed by atoms with Gasteiger partial charge in [0, 0.05) is 25.7 Å². The second-order valence-electron chi connectivity index (χ2n) is 5.50. The lowest BCUT2D eigenvalue weighted by atomic mass is 10.0. The van der Waals surface area contributed by atoms with Gasteiger partial charge in [-0.3, -0.25) is 4.99 Å². The normalized spacial score (nSPS) is 21.6. The van der Waals surface area contributed by atoms with Crippen molar-refractivity contribution in [3.05, 3.63) is 0 Å². The van der Waals surface area contributed by atoms with E-state index in [9.17, 15) is 0 Å². The lowest BCUT2D eigenvalue weighted by Gasteiger charge is -2.33. The van der Waals surface area contributed by atoms with E-state index in [1.165, 1.54) is 38.8 Å². The van der Waals surface area contributed by atoms with Crippen molar-refractivity contribution in [3.63, 3.8) is 0 Å². The molecule has 1 saturated heterocycles. The van der Waals surface area contributed by atoms with Crippen LogP contribution in [0.4, 0.5) is 0 Å². The van der Waals surface area contributed by atoms with Gasteiger partial charge in [0.25, 0.3) is 0 Å². The average Bonchev–Trinajstić information content (AvgIpc) is 2.42. The molecule has 0 aromatic carbocycles. The van der Waals surface area contributed by atoms with Crippen LogP contribution in [0.15, 0.2) is 4.99 Å². The number of nitrogens with two attached hydrogens (primary N) is 1. The van der Waals surface area contributed by atoms with Gasteiger partial charge >= 0.3 is 0 Å². The molecule has 1 heterocycles. The van der Waals surface area contributed by atoms with Crippen molar-refractivity contribution in [2.24, 2.45) is 10.7 Å². The molecule has 112 valence electrons. The van der Waals surface area contributed by atoms with Gasteiger partial charge in [0.2, 0.25) is 0 Å². The quantitative estimate of drug-likeness (QED) is 0.438. The van der Waals surface area contributed by atoms with Crippen molar-refractivity contribution in [2.75, 3.05) is 32.7 Å². The van der Waals surface area contributed by atoms with Crippen molar-refractivity contribution in [3.8, 4) is 0 Å². The fraction of sp³-hybridized carbons (Fsp3) is 0.933. The molecule has 0 spiro atoms. The Kier molecular flexibility index (Phi) is 7.87. The van der Waals surface area contributed by atoms with E-state index in [4.69, 9.17) is 5.73 Å². The number of hydrogen-bond donors (Lipinski definition) is 1. The van der Waals surface area contributed by atoms with Gasteiger partial charge in [-0.1, -0.05) is 6.42 Å². The minimum absolute atomic E-state index is 0.705. The Hall–Kier alpha value is -0.770. The molecule has 0 aromatic rings. The summed E-state index contributed by atoms with van der Waals surface area (Å²) in [7, 11) is 0. The number of likely N-dealkylation sites (tertiary alicyclic amines) is 1. The fourth-order valence-corrected chi connectivity index (χ4v) is 2.76. The number of nitrogens with zero attached hydrogens (tertiary/aromatic N) is 3. The molecule has 19 heavy (non-hydrogen) atoms. The van der Waals surface area contributed by atoms with Crippen LogP contribution in [0.3, 0.4) is 0 Å². The monoisotopic (exact) mass is 268 g/mol.